The largest absolute Gasteiger partial charge is 0.504 e. The smallest absolute Gasteiger partial charge is 0.270 e. The second-order valence-electron chi connectivity index (χ2n) is 8.56. The van der Waals surface area contributed by atoms with Crippen molar-refractivity contribution < 1.29 is 19.0 Å². The fraction of sp³-hybridized carbons (Fsp3) is 0.241. The first-order valence-electron chi connectivity index (χ1n) is 11.8. The average Bonchev–Trinajstić information content (AvgIpc) is 2.90. The van der Waals surface area contributed by atoms with E-state index in [4.69, 9.17) is 9.47 Å². The summed E-state index contributed by atoms with van der Waals surface area (Å²) in [4.78, 5) is 13.7. The number of methoxy groups -OCH3 is 2. The minimum Gasteiger partial charge on any atom is -0.504 e. The molecule has 0 saturated heterocycles. The van der Waals surface area contributed by atoms with Crippen LogP contribution < -0.4 is 15.0 Å². The molecule has 0 saturated carbocycles. The zero-order valence-corrected chi connectivity index (χ0v) is 20.6. The van der Waals surface area contributed by atoms with Crippen LogP contribution in [0, 0.1) is 12.7 Å². The Balaban J connectivity index is 1.74. The summed E-state index contributed by atoms with van der Waals surface area (Å²) in [6.45, 7) is 2.11. The van der Waals surface area contributed by atoms with E-state index in [9.17, 15) is 14.3 Å². The fourth-order valence-electron chi connectivity index (χ4n) is 4.38. The van der Waals surface area contributed by atoms with Crippen LogP contribution >= 0.6 is 0 Å². The highest BCUT2D eigenvalue weighted by molar-refractivity contribution is 5.74. The van der Waals surface area contributed by atoms with Gasteiger partial charge in [0.2, 0.25) is 0 Å². The molecule has 0 fully saturated rings. The topological polar surface area (TPSA) is 73.6 Å². The van der Waals surface area contributed by atoms with Gasteiger partial charge in [-0.3, -0.25) is 4.79 Å². The number of phenolic OH excluding ortho intramolecular Hbond substituents is 1. The molecule has 0 spiro atoms. The van der Waals surface area contributed by atoms with Crippen molar-refractivity contribution in [3.63, 3.8) is 0 Å². The van der Waals surface area contributed by atoms with Gasteiger partial charge in [0.1, 0.15) is 11.5 Å². The van der Waals surface area contributed by atoms with Crippen LogP contribution in [0.5, 0.6) is 17.2 Å². The summed E-state index contributed by atoms with van der Waals surface area (Å²) in [5.74, 6) is 0.115. The molecule has 0 atom stereocenters. The molecule has 4 rings (SSSR count). The van der Waals surface area contributed by atoms with Crippen molar-refractivity contribution in [1.29, 1.82) is 0 Å². The van der Waals surface area contributed by atoms with Gasteiger partial charge in [-0.1, -0.05) is 42.5 Å². The molecule has 1 heterocycles. The molecule has 186 valence electrons. The predicted molar refractivity (Wildman–Crippen MR) is 137 cm³/mol. The van der Waals surface area contributed by atoms with E-state index in [0.29, 0.717) is 54.1 Å². The van der Waals surface area contributed by atoms with E-state index in [0.717, 1.165) is 11.1 Å². The lowest BCUT2D eigenvalue weighted by Crippen LogP contribution is -2.29. The van der Waals surface area contributed by atoms with Gasteiger partial charge in [0, 0.05) is 29.3 Å². The third kappa shape index (κ3) is 5.40. The van der Waals surface area contributed by atoms with Crippen molar-refractivity contribution in [2.75, 3.05) is 14.2 Å². The summed E-state index contributed by atoms with van der Waals surface area (Å²) in [5, 5.41) is 15.0. The van der Waals surface area contributed by atoms with Crippen molar-refractivity contribution in [3.8, 4) is 28.4 Å². The molecule has 7 heteroatoms. The number of phenols is 1. The minimum atomic E-state index is -0.739. The highest BCUT2D eigenvalue weighted by atomic mass is 19.1. The molecule has 0 aliphatic carbocycles. The molecule has 3 aromatic carbocycles. The Morgan fingerprint density at radius 1 is 0.889 bits per heavy atom. The zero-order valence-electron chi connectivity index (χ0n) is 20.6. The Morgan fingerprint density at radius 3 is 2.25 bits per heavy atom. The number of rotatable bonds is 9. The standard InChI is InChI=1S/C29H29FN2O4/c1-19-27(24-10-7-11-26(30)28(24)33)25(13-12-20-8-5-4-6-9-20)29(34)32(31-19)15-14-21-16-22(35-2)18-23(17-21)36-3/h4-11,16-18,33H,12-15H2,1-3H3. The second kappa shape index (κ2) is 11.1. The van der Waals surface area contributed by atoms with Crippen LogP contribution in [0.4, 0.5) is 4.39 Å². The SMILES string of the molecule is COc1cc(CCn2nc(C)c(-c3cccc(F)c3O)c(CCc3ccccc3)c2=O)cc(OC)c1. The van der Waals surface area contributed by atoms with Crippen molar-refractivity contribution in [2.24, 2.45) is 0 Å². The number of aryl methyl sites for hydroxylation is 4. The molecule has 0 radical (unpaired) electrons. The van der Waals surface area contributed by atoms with E-state index in [-0.39, 0.29) is 11.1 Å². The van der Waals surface area contributed by atoms with Crippen LogP contribution in [-0.2, 0) is 25.8 Å². The maximum atomic E-state index is 14.2. The normalized spacial score (nSPS) is 10.9. The number of ether oxygens (including phenoxy) is 2. The van der Waals surface area contributed by atoms with E-state index < -0.39 is 11.6 Å². The highest BCUT2D eigenvalue weighted by Crippen LogP contribution is 2.34. The molecule has 6 nitrogen and oxygen atoms in total. The van der Waals surface area contributed by atoms with E-state index in [1.165, 1.54) is 16.8 Å². The maximum absolute atomic E-state index is 14.2. The lowest BCUT2D eigenvalue weighted by atomic mass is 9.94. The average molecular weight is 489 g/mol. The lowest BCUT2D eigenvalue weighted by molar-refractivity contribution is 0.393. The molecule has 36 heavy (non-hydrogen) atoms. The van der Waals surface area contributed by atoms with Crippen LogP contribution in [0.15, 0.2) is 71.5 Å². The Hall–Kier alpha value is -4.13. The summed E-state index contributed by atoms with van der Waals surface area (Å²) in [6.07, 6.45) is 1.57. The van der Waals surface area contributed by atoms with Crippen molar-refractivity contribution >= 4 is 0 Å². The quantitative estimate of drug-likeness (QED) is 0.355. The van der Waals surface area contributed by atoms with Crippen LogP contribution in [0.3, 0.4) is 0 Å². The molecule has 0 aliphatic heterocycles. The molecule has 0 amide bonds. The lowest BCUT2D eigenvalue weighted by Gasteiger charge is -2.17. The number of aromatic nitrogens is 2. The first kappa shape index (κ1) is 25.0. The molecule has 0 unspecified atom stereocenters. The molecule has 0 bridgehead atoms. The summed E-state index contributed by atoms with van der Waals surface area (Å²) in [6, 6.07) is 19.8. The van der Waals surface area contributed by atoms with E-state index in [1.807, 2.05) is 42.5 Å². The summed E-state index contributed by atoms with van der Waals surface area (Å²) in [7, 11) is 3.18. The second-order valence-corrected chi connectivity index (χ2v) is 8.56. The van der Waals surface area contributed by atoms with Gasteiger partial charge in [0.15, 0.2) is 11.6 Å². The number of benzene rings is 3. The van der Waals surface area contributed by atoms with Gasteiger partial charge in [-0.25, -0.2) is 9.07 Å². The van der Waals surface area contributed by atoms with E-state index in [2.05, 4.69) is 5.10 Å². The van der Waals surface area contributed by atoms with Crippen LogP contribution in [0.25, 0.3) is 11.1 Å². The monoisotopic (exact) mass is 488 g/mol. The van der Waals surface area contributed by atoms with Crippen molar-refractivity contribution in [1.82, 2.24) is 9.78 Å². The van der Waals surface area contributed by atoms with Gasteiger partial charge in [-0.15, -0.1) is 0 Å². The minimum absolute atomic E-state index is 0.259. The molecular weight excluding hydrogens is 459 g/mol. The molecule has 0 aliphatic rings. The zero-order chi connectivity index (χ0) is 25.7. The molecule has 1 aromatic heterocycles. The van der Waals surface area contributed by atoms with Gasteiger partial charge < -0.3 is 14.6 Å². The number of nitrogens with zero attached hydrogens (tertiary/aromatic N) is 2. The third-order valence-electron chi connectivity index (χ3n) is 6.21. The maximum Gasteiger partial charge on any atom is 0.270 e. The van der Waals surface area contributed by atoms with E-state index in [1.54, 1.807) is 33.3 Å². The number of halogens is 1. The van der Waals surface area contributed by atoms with Crippen LogP contribution in [-0.4, -0.2) is 29.1 Å². The first-order chi connectivity index (χ1) is 17.4. The fourth-order valence-corrected chi connectivity index (χ4v) is 4.38. The first-order valence-corrected chi connectivity index (χ1v) is 11.8. The van der Waals surface area contributed by atoms with Gasteiger partial charge in [0.25, 0.3) is 5.56 Å². The number of para-hydroxylation sites is 1. The Bertz CT molecular complexity index is 1390. The Kier molecular flexibility index (Phi) is 7.68. The summed E-state index contributed by atoms with van der Waals surface area (Å²) >= 11 is 0. The molecule has 1 N–H and O–H groups in total. The van der Waals surface area contributed by atoms with Gasteiger partial charge in [-0.2, -0.15) is 5.10 Å². The molecule has 4 aromatic rings. The Morgan fingerprint density at radius 2 is 1.58 bits per heavy atom. The Labute approximate surface area is 209 Å². The number of aromatic hydroxyl groups is 1. The van der Waals surface area contributed by atoms with Gasteiger partial charge in [0.05, 0.1) is 19.9 Å². The summed E-state index contributed by atoms with van der Waals surface area (Å²) in [5.41, 5.74) is 3.55. The van der Waals surface area contributed by atoms with Crippen LogP contribution in [0.1, 0.15) is 22.4 Å². The summed E-state index contributed by atoms with van der Waals surface area (Å²) < 4.78 is 26.4. The van der Waals surface area contributed by atoms with Crippen molar-refractivity contribution in [3.05, 3.63) is 105 Å². The highest BCUT2D eigenvalue weighted by Gasteiger charge is 2.20. The third-order valence-corrected chi connectivity index (χ3v) is 6.21. The number of hydrogen-bond donors (Lipinski definition) is 1. The van der Waals surface area contributed by atoms with Crippen LogP contribution in [0.2, 0.25) is 0 Å². The predicted octanol–water partition coefficient (Wildman–Crippen LogP) is 5.11. The van der Waals surface area contributed by atoms with Gasteiger partial charge in [-0.05, 0) is 55.5 Å². The number of hydrogen-bond acceptors (Lipinski definition) is 5. The van der Waals surface area contributed by atoms with E-state index >= 15 is 0 Å². The van der Waals surface area contributed by atoms with Crippen molar-refractivity contribution in [2.45, 2.75) is 32.7 Å². The van der Waals surface area contributed by atoms with Gasteiger partial charge >= 0.3 is 0 Å². The molecular formula is C29H29FN2O4.